The largest absolute Gasteiger partial charge is 0.508 e. The lowest BCUT2D eigenvalue weighted by atomic mass is 10.0. The highest BCUT2D eigenvalue weighted by atomic mass is 35.5. The van der Waals surface area contributed by atoms with Gasteiger partial charge in [-0.25, -0.2) is 0 Å². The first-order chi connectivity index (χ1) is 7.61. The number of halogens is 1. The fourth-order valence-corrected chi connectivity index (χ4v) is 1.85. The van der Waals surface area contributed by atoms with Gasteiger partial charge in [-0.2, -0.15) is 0 Å². The molecule has 3 nitrogen and oxygen atoms in total. The van der Waals surface area contributed by atoms with Crippen molar-refractivity contribution in [1.82, 2.24) is 0 Å². The van der Waals surface area contributed by atoms with Crippen LogP contribution >= 0.6 is 11.6 Å². The second-order valence-corrected chi connectivity index (χ2v) is 4.09. The molecule has 0 spiro atoms. The highest BCUT2D eigenvalue weighted by molar-refractivity contribution is 6.31. The second kappa shape index (κ2) is 4.29. The van der Waals surface area contributed by atoms with E-state index in [1.807, 2.05) is 6.07 Å². The Morgan fingerprint density at radius 1 is 1.19 bits per heavy atom. The van der Waals surface area contributed by atoms with Gasteiger partial charge in [0.1, 0.15) is 5.75 Å². The summed E-state index contributed by atoms with van der Waals surface area (Å²) in [6.07, 6.45) is -0.858. The van der Waals surface area contributed by atoms with Crippen molar-refractivity contribution in [2.45, 2.75) is 6.10 Å². The van der Waals surface area contributed by atoms with E-state index in [2.05, 4.69) is 0 Å². The van der Waals surface area contributed by atoms with Crippen LogP contribution in [0, 0.1) is 0 Å². The summed E-state index contributed by atoms with van der Waals surface area (Å²) in [4.78, 5) is 0. The lowest BCUT2D eigenvalue weighted by molar-refractivity contribution is 0.183. The number of aliphatic hydroxyl groups is 1. The quantitative estimate of drug-likeness (QED) is 0.750. The lowest BCUT2D eigenvalue weighted by Gasteiger charge is -2.11. The molecule has 1 atom stereocenters. The van der Waals surface area contributed by atoms with Crippen molar-refractivity contribution in [2.75, 3.05) is 6.54 Å². The number of hydrogen-bond donors (Lipinski definition) is 3. The van der Waals surface area contributed by atoms with Crippen LogP contribution in [0.1, 0.15) is 11.7 Å². The third-order valence-electron chi connectivity index (χ3n) is 2.53. The lowest BCUT2D eigenvalue weighted by Crippen LogP contribution is -2.11. The Hall–Kier alpha value is -1.29. The summed E-state index contributed by atoms with van der Waals surface area (Å²) in [6.45, 7) is 0.0691. The molecule has 0 bridgehead atoms. The number of aliphatic hydroxyl groups excluding tert-OH is 1. The molecule has 2 rings (SSSR count). The number of hydrogen-bond acceptors (Lipinski definition) is 3. The Kier molecular flexibility index (Phi) is 3.01. The first-order valence-corrected chi connectivity index (χ1v) is 5.30. The highest BCUT2D eigenvalue weighted by Crippen LogP contribution is 2.30. The first kappa shape index (κ1) is 11.2. The zero-order chi connectivity index (χ0) is 11.7. The molecule has 2 aromatic carbocycles. The molecule has 1 unspecified atom stereocenters. The summed E-state index contributed by atoms with van der Waals surface area (Å²) in [5, 5.41) is 21.7. The van der Waals surface area contributed by atoms with Gasteiger partial charge in [0.15, 0.2) is 0 Å². The van der Waals surface area contributed by atoms with E-state index in [0.717, 1.165) is 10.8 Å². The molecule has 0 heterocycles. The molecular weight excluding hydrogens is 226 g/mol. The third kappa shape index (κ3) is 1.97. The van der Waals surface area contributed by atoms with Gasteiger partial charge >= 0.3 is 0 Å². The number of benzene rings is 2. The summed E-state index contributed by atoms with van der Waals surface area (Å²) in [5.41, 5.74) is 5.79. The van der Waals surface area contributed by atoms with Crippen LogP contribution in [0.15, 0.2) is 30.3 Å². The van der Waals surface area contributed by atoms with Crippen LogP contribution in [0.4, 0.5) is 0 Å². The van der Waals surface area contributed by atoms with Gasteiger partial charge in [0.25, 0.3) is 0 Å². The summed E-state index contributed by atoms with van der Waals surface area (Å²) in [7, 11) is 0. The van der Waals surface area contributed by atoms with Crippen LogP contribution in [-0.4, -0.2) is 16.8 Å². The molecule has 16 heavy (non-hydrogen) atoms. The molecule has 0 aromatic heterocycles. The number of phenolic OH excluding ortho intramolecular Hbond substituents is 1. The number of nitrogens with two attached hydrogens (primary N) is 1. The molecule has 0 radical (unpaired) electrons. The molecule has 84 valence electrons. The number of fused-ring (bicyclic) bond motifs is 1. The van der Waals surface area contributed by atoms with E-state index in [1.54, 1.807) is 24.3 Å². The Balaban J connectivity index is 2.64. The number of aromatic hydroxyl groups is 1. The fourth-order valence-electron chi connectivity index (χ4n) is 1.67. The van der Waals surface area contributed by atoms with Crippen LogP contribution < -0.4 is 5.73 Å². The van der Waals surface area contributed by atoms with E-state index in [4.69, 9.17) is 17.3 Å². The zero-order valence-electron chi connectivity index (χ0n) is 8.52. The number of phenols is 1. The van der Waals surface area contributed by atoms with Gasteiger partial charge in [0, 0.05) is 17.1 Å². The Morgan fingerprint density at radius 2 is 1.94 bits per heavy atom. The van der Waals surface area contributed by atoms with Crippen LogP contribution in [-0.2, 0) is 0 Å². The van der Waals surface area contributed by atoms with Gasteiger partial charge in [-0.15, -0.1) is 0 Å². The van der Waals surface area contributed by atoms with E-state index in [0.29, 0.717) is 10.6 Å². The minimum atomic E-state index is -0.858. The van der Waals surface area contributed by atoms with E-state index in [1.165, 1.54) is 0 Å². The molecule has 4 heteroatoms. The van der Waals surface area contributed by atoms with Crippen molar-refractivity contribution >= 4 is 22.4 Å². The minimum absolute atomic E-state index is 0.0489. The average molecular weight is 238 g/mol. The summed E-state index contributed by atoms with van der Waals surface area (Å²) in [6, 6.07) is 8.65. The SMILES string of the molecule is NCC(O)c1cc2cc(Cl)ccc2cc1O. The normalized spacial score (nSPS) is 12.9. The smallest absolute Gasteiger partial charge is 0.122 e. The van der Waals surface area contributed by atoms with Crippen molar-refractivity contribution in [3.05, 3.63) is 40.9 Å². The van der Waals surface area contributed by atoms with Crippen molar-refractivity contribution < 1.29 is 10.2 Å². The molecule has 4 N–H and O–H groups in total. The topological polar surface area (TPSA) is 66.5 Å². The standard InChI is InChI=1S/C12H12ClNO2/c13-9-2-1-7-5-11(15)10(12(16)6-14)4-8(7)3-9/h1-5,12,15-16H,6,14H2. The van der Waals surface area contributed by atoms with Gasteiger partial charge in [-0.1, -0.05) is 17.7 Å². The monoisotopic (exact) mass is 237 g/mol. The summed E-state index contributed by atoms with van der Waals surface area (Å²) < 4.78 is 0. The average Bonchev–Trinajstić information content (AvgIpc) is 2.28. The van der Waals surface area contributed by atoms with Crippen LogP contribution in [0.2, 0.25) is 5.02 Å². The van der Waals surface area contributed by atoms with Crippen molar-refractivity contribution in [3.8, 4) is 5.75 Å². The molecule has 0 aliphatic heterocycles. The van der Waals surface area contributed by atoms with Crippen molar-refractivity contribution in [3.63, 3.8) is 0 Å². The minimum Gasteiger partial charge on any atom is -0.508 e. The maximum Gasteiger partial charge on any atom is 0.122 e. The van der Waals surface area contributed by atoms with Gasteiger partial charge in [-0.05, 0) is 35.0 Å². The Morgan fingerprint density at radius 3 is 2.62 bits per heavy atom. The molecule has 2 aromatic rings. The maximum absolute atomic E-state index is 9.73. The van der Waals surface area contributed by atoms with E-state index < -0.39 is 6.10 Å². The van der Waals surface area contributed by atoms with Gasteiger partial charge in [0.2, 0.25) is 0 Å². The predicted molar refractivity (Wildman–Crippen MR) is 64.6 cm³/mol. The second-order valence-electron chi connectivity index (χ2n) is 3.65. The fraction of sp³-hybridized carbons (Fsp3) is 0.167. The molecule has 0 aliphatic carbocycles. The van der Waals surface area contributed by atoms with E-state index in [-0.39, 0.29) is 12.3 Å². The Bertz CT molecular complexity index is 528. The third-order valence-corrected chi connectivity index (χ3v) is 2.77. The van der Waals surface area contributed by atoms with Gasteiger partial charge < -0.3 is 15.9 Å². The van der Waals surface area contributed by atoms with Crippen LogP contribution in [0.5, 0.6) is 5.75 Å². The molecule has 0 aliphatic rings. The van der Waals surface area contributed by atoms with Crippen LogP contribution in [0.3, 0.4) is 0 Å². The van der Waals surface area contributed by atoms with Crippen molar-refractivity contribution in [2.24, 2.45) is 5.73 Å². The van der Waals surface area contributed by atoms with Gasteiger partial charge in [-0.3, -0.25) is 0 Å². The molecule has 0 fully saturated rings. The number of rotatable bonds is 2. The zero-order valence-corrected chi connectivity index (χ0v) is 9.28. The van der Waals surface area contributed by atoms with E-state index >= 15 is 0 Å². The highest BCUT2D eigenvalue weighted by Gasteiger charge is 2.11. The summed E-state index contributed by atoms with van der Waals surface area (Å²) in [5.74, 6) is 0.0489. The van der Waals surface area contributed by atoms with Crippen molar-refractivity contribution in [1.29, 1.82) is 0 Å². The van der Waals surface area contributed by atoms with E-state index in [9.17, 15) is 10.2 Å². The maximum atomic E-state index is 9.73. The summed E-state index contributed by atoms with van der Waals surface area (Å²) >= 11 is 5.87. The molecule has 0 saturated carbocycles. The molecular formula is C12H12ClNO2. The van der Waals surface area contributed by atoms with Crippen LogP contribution in [0.25, 0.3) is 10.8 Å². The first-order valence-electron chi connectivity index (χ1n) is 4.92. The Labute approximate surface area is 98.1 Å². The molecule has 0 saturated heterocycles. The van der Waals surface area contributed by atoms with Gasteiger partial charge in [0.05, 0.1) is 6.10 Å². The predicted octanol–water partition coefficient (Wildman–Crippen LogP) is 2.19. The molecule has 0 amide bonds.